The maximum absolute atomic E-state index is 14.6. The largest absolute Gasteiger partial charge is 0.496 e. The fourth-order valence-electron chi connectivity index (χ4n) is 5.07. The van der Waals surface area contributed by atoms with Crippen LogP contribution in [-0.2, 0) is 14.3 Å². The van der Waals surface area contributed by atoms with Gasteiger partial charge >= 0.3 is 5.97 Å². The van der Waals surface area contributed by atoms with Crippen LogP contribution in [0.15, 0.2) is 18.2 Å². The van der Waals surface area contributed by atoms with Crippen LogP contribution in [-0.4, -0.2) is 55.5 Å². The van der Waals surface area contributed by atoms with Gasteiger partial charge in [-0.3, -0.25) is 14.4 Å². The van der Waals surface area contributed by atoms with Gasteiger partial charge < -0.3 is 19.7 Å². The van der Waals surface area contributed by atoms with E-state index in [4.69, 9.17) is 4.74 Å². The molecule has 2 heterocycles. The number of carbonyl (C=O) groups excluding carboxylic acids is 3. The fourth-order valence-corrected chi connectivity index (χ4v) is 5.07. The summed E-state index contributed by atoms with van der Waals surface area (Å²) < 4.78 is 24.5. The highest BCUT2D eigenvalue weighted by atomic mass is 19.1. The quantitative estimate of drug-likeness (QED) is 0.636. The Morgan fingerprint density at radius 2 is 2.00 bits per heavy atom. The van der Waals surface area contributed by atoms with Crippen LogP contribution in [0.4, 0.5) is 4.39 Å². The zero-order valence-corrected chi connectivity index (χ0v) is 18.6. The monoisotopic (exact) mass is 434 g/mol. The molecule has 2 bridgehead atoms. The van der Waals surface area contributed by atoms with Crippen LogP contribution in [0, 0.1) is 17.2 Å². The first kappa shape index (κ1) is 23.0. The Hall–Kier alpha value is -2.64. The SMILES string of the molecule is COC(=O)CNC(=O)[C@@]1(CCC(C)C)C[C@H]2CC[C@@H]1N2C(=O)c1c(F)cccc1OC. The molecule has 170 valence electrons. The van der Waals surface area contributed by atoms with Crippen molar-refractivity contribution in [2.24, 2.45) is 11.3 Å². The first-order valence-corrected chi connectivity index (χ1v) is 10.8. The zero-order chi connectivity index (χ0) is 22.8. The molecule has 1 aromatic rings. The maximum Gasteiger partial charge on any atom is 0.325 e. The number of hydrogen-bond donors (Lipinski definition) is 1. The second-order valence-electron chi connectivity index (χ2n) is 8.83. The van der Waals surface area contributed by atoms with Gasteiger partial charge in [0.1, 0.15) is 23.7 Å². The van der Waals surface area contributed by atoms with Crippen molar-refractivity contribution < 1.29 is 28.2 Å². The number of fused-ring (bicyclic) bond motifs is 2. The number of esters is 1. The normalized spacial score (nSPS) is 24.4. The van der Waals surface area contributed by atoms with Crippen molar-refractivity contribution in [2.45, 2.75) is 58.0 Å². The molecule has 2 fully saturated rings. The first-order chi connectivity index (χ1) is 14.7. The maximum atomic E-state index is 14.6. The molecule has 0 aliphatic carbocycles. The minimum atomic E-state index is -0.810. The zero-order valence-electron chi connectivity index (χ0n) is 18.6. The van der Waals surface area contributed by atoms with Crippen LogP contribution in [0.25, 0.3) is 0 Å². The Kier molecular flexibility index (Phi) is 6.86. The van der Waals surface area contributed by atoms with Gasteiger partial charge in [-0.25, -0.2) is 4.39 Å². The van der Waals surface area contributed by atoms with E-state index >= 15 is 0 Å². The Morgan fingerprint density at radius 1 is 1.26 bits per heavy atom. The molecule has 31 heavy (non-hydrogen) atoms. The molecule has 3 atom stereocenters. The Bertz CT molecular complexity index is 858. The summed E-state index contributed by atoms with van der Waals surface area (Å²) in [6.07, 6.45) is 3.33. The number of halogens is 1. The summed E-state index contributed by atoms with van der Waals surface area (Å²) in [6.45, 7) is 3.95. The van der Waals surface area contributed by atoms with E-state index in [2.05, 4.69) is 23.9 Å². The molecule has 1 aromatic carbocycles. The molecule has 2 saturated heterocycles. The fraction of sp³-hybridized carbons (Fsp3) is 0.609. The predicted molar refractivity (Wildman–Crippen MR) is 112 cm³/mol. The lowest BCUT2D eigenvalue weighted by atomic mass is 9.69. The molecule has 7 nitrogen and oxygen atoms in total. The van der Waals surface area contributed by atoms with Gasteiger partial charge in [0.25, 0.3) is 5.91 Å². The molecular weight excluding hydrogens is 403 g/mol. The molecule has 0 aromatic heterocycles. The van der Waals surface area contributed by atoms with Crippen molar-refractivity contribution in [3.05, 3.63) is 29.6 Å². The van der Waals surface area contributed by atoms with Crippen molar-refractivity contribution in [1.29, 1.82) is 0 Å². The third-order valence-corrected chi connectivity index (χ3v) is 6.62. The third-order valence-electron chi connectivity index (χ3n) is 6.62. The van der Waals surface area contributed by atoms with Crippen LogP contribution < -0.4 is 10.1 Å². The third kappa shape index (κ3) is 4.25. The summed E-state index contributed by atoms with van der Waals surface area (Å²) in [5.41, 5.74) is -0.911. The smallest absolute Gasteiger partial charge is 0.325 e. The van der Waals surface area contributed by atoms with E-state index < -0.39 is 23.1 Å². The van der Waals surface area contributed by atoms with Gasteiger partial charge in [-0.1, -0.05) is 19.9 Å². The first-order valence-electron chi connectivity index (χ1n) is 10.8. The minimum absolute atomic E-state index is 0.100. The van der Waals surface area contributed by atoms with E-state index in [0.717, 1.165) is 12.8 Å². The number of nitrogens with one attached hydrogen (secondary N) is 1. The number of rotatable bonds is 8. The van der Waals surface area contributed by atoms with Gasteiger partial charge in [-0.05, 0) is 50.2 Å². The molecule has 3 rings (SSSR count). The number of nitrogens with zero attached hydrogens (tertiary/aromatic N) is 1. The van der Waals surface area contributed by atoms with Crippen LogP contribution in [0.1, 0.15) is 56.3 Å². The van der Waals surface area contributed by atoms with E-state index in [1.807, 2.05) is 0 Å². The average molecular weight is 435 g/mol. The van der Waals surface area contributed by atoms with Crippen LogP contribution in [0.3, 0.4) is 0 Å². The van der Waals surface area contributed by atoms with Crippen molar-refractivity contribution in [2.75, 3.05) is 20.8 Å². The van der Waals surface area contributed by atoms with E-state index in [1.165, 1.54) is 26.4 Å². The number of benzene rings is 1. The molecule has 1 N–H and O–H groups in total. The van der Waals surface area contributed by atoms with Crippen LogP contribution in [0.5, 0.6) is 5.75 Å². The lowest BCUT2D eigenvalue weighted by molar-refractivity contribution is -0.143. The van der Waals surface area contributed by atoms with Crippen LogP contribution in [0.2, 0.25) is 0 Å². The summed E-state index contributed by atoms with van der Waals surface area (Å²) in [7, 11) is 2.67. The minimum Gasteiger partial charge on any atom is -0.496 e. The summed E-state index contributed by atoms with van der Waals surface area (Å²) in [5, 5.41) is 2.71. The van der Waals surface area contributed by atoms with Crippen LogP contribution >= 0.6 is 0 Å². The topological polar surface area (TPSA) is 84.9 Å². The van der Waals surface area contributed by atoms with Gasteiger partial charge in [-0.15, -0.1) is 0 Å². The molecular formula is C23H31FN2O5. The molecule has 2 aliphatic heterocycles. The summed E-state index contributed by atoms with van der Waals surface area (Å²) in [4.78, 5) is 40.0. The predicted octanol–water partition coefficient (Wildman–Crippen LogP) is 2.92. The number of amides is 2. The standard InChI is InChI=1S/C23H31FN2O5/c1-14(2)10-11-23(22(29)25-13-19(27)31-4)12-15-8-9-18(23)26(15)21(28)20-16(24)6-5-7-17(20)30-3/h5-7,14-15,18H,8-13H2,1-4H3,(H,25,29)/t15-,18+,23+/m1/s1. The van der Waals surface area contributed by atoms with E-state index in [9.17, 15) is 18.8 Å². The molecule has 2 amide bonds. The number of carbonyl (C=O) groups is 3. The summed E-state index contributed by atoms with van der Waals surface area (Å²) in [6, 6.07) is 3.78. The van der Waals surface area contributed by atoms with Gasteiger partial charge in [0, 0.05) is 12.1 Å². The number of methoxy groups -OCH3 is 2. The molecule has 0 unspecified atom stereocenters. The molecule has 0 radical (unpaired) electrons. The molecule has 0 spiro atoms. The van der Waals surface area contributed by atoms with Gasteiger partial charge in [0.15, 0.2) is 0 Å². The van der Waals surface area contributed by atoms with E-state index in [-0.39, 0.29) is 35.8 Å². The summed E-state index contributed by atoms with van der Waals surface area (Å²) in [5.74, 6) is -1.31. The molecule has 8 heteroatoms. The summed E-state index contributed by atoms with van der Waals surface area (Å²) >= 11 is 0. The Morgan fingerprint density at radius 3 is 2.65 bits per heavy atom. The highest BCUT2D eigenvalue weighted by molar-refractivity contribution is 5.99. The second kappa shape index (κ2) is 9.24. The Balaban J connectivity index is 1.93. The van der Waals surface area contributed by atoms with Gasteiger partial charge in [-0.2, -0.15) is 0 Å². The molecule has 2 aliphatic rings. The number of ether oxygens (including phenoxy) is 2. The lowest BCUT2D eigenvalue weighted by Gasteiger charge is -2.36. The highest BCUT2D eigenvalue weighted by Gasteiger charge is 2.61. The van der Waals surface area contributed by atoms with Crippen molar-refractivity contribution in [3.8, 4) is 5.75 Å². The van der Waals surface area contributed by atoms with Crippen molar-refractivity contribution in [1.82, 2.24) is 10.2 Å². The second-order valence-corrected chi connectivity index (χ2v) is 8.83. The molecule has 0 saturated carbocycles. The highest BCUT2D eigenvalue weighted by Crippen LogP contribution is 2.53. The Labute approximate surface area is 182 Å². The van der Waals surface area contributed by atoms with Crippen molar-refractivity contribution in [3.63, 3.8) is 0 Å². The average Bonchev–Trinajstić information content (AvgIpc) is 3.31. The van der Waals surface area contributed by atoms with E-state index in [0.29, 0.717) is 25.2 Å². The van der Waals surface area contributed by atoms with E-state index in [1.54, 1.807) is 11.0 Å². The van der Waals surface area contributed by atoms with Gasteiger partial charge in [0.2, 0.25) is 5.91 Å². The lowest BCUT2D eigenvalue weighted by Crippen LogP contribution is -2.51. The van der Waals surface area contributed by atoms with Gasteiger partial charge in [0.05, 0.1) is 19.6 Å². The number of hydrogen-bond acceptors (Lipinski definition) is 5. The van der Waals surface area contributed by atoms with Crippen molar-refractivity contribution >= 4 is 17.8 Å².